The van der Waals surface area contributed by atoms with E-state index in [2.05, 4.69) is 0 Å². The van der Waals surface area contributed by atoms with E-state index < -0.39 is 11.7 Å². The number of halogens is 4. The van der Waals surface area contributed by atoms with Crippen molar-refractivity contribution in [1.29, 1.82) is 0 Å². The number of carbonyl (C=O) groups is 1. The fourth-order valence-corrected chi connectivity index (χ4v) is 3.37. The fourth-order valence-electron chi connectivity index (χ4n) is 2.69. The summed E-state index contributed by atoms with van der Waals surface area (Å²) in [5, 5.41) is 0. The lowest BCUT2D eigenvalue weighted by Gasteiger charge is -2.25. The molecule has 2 unspecified atom stereocenters. The van der Waals surface area contributed by atoms with E-state index in [1.54, 1.807) is 11.5 Å². The van der Waals surface area contributed by atoms with Crippen molar-refractivity contribution in [3.63, 3.8) is 0 Å². The Morgan fingerprint density at radius 1 is 1.53 bits per heavy atom. The Hall–Kier alpha value is -0.530. The summed E-state index contributed by atoms with van der Waals surface area (Å²) in [6.45, 7) is 3.77. The Balaban J connectivity index is 2.48. The van der Waals surface area contributed by atoms with Gasteiger partial charge in [0.05, 0.1) is 5.56 Å². The summed E-state index contributed by atoms with van der Waals surface area (Å²) in [4.78, 5) is 11.4. The first-order valence-electron chi connectivity index (χ1n) is 6.15. The highest BCUT2D eigenvalue weighted by atomic mass is 127. The van der Waals surface area contributed by atoms with Crippen molar-refractivity contribution >= 4 is 28.4 Å². The molecule has 0 amide bonds. The second-order valence-electron chi connectivity index (χ2n) is 5.00. The van der Waals surface area contributed by atoms with E-state index >= 15 is 0 Å². The van der Waals surface area contributed by atoms with Crippen LogP contribution in [0.5, 0.6) is 0 Å². The number of alkyl halides is 4. The van der Waals surface area contributed by atoms with Crippen LogP contribution in [0.3, 0.4) is 0 Å². The second kappa shape index (κ2) is 5.10. The summed E-state index contributed by atoms with van der Waals surface area (Å²) in [6.07, 6.45) is -3.28. The molecule has 106 valence electrons. The lowest BCUT2D eigenvalue weighted by molar-refractivity contribution is -0.138. The molecule has 0 spiro atoms. The van der Waals surface area contributed by atoms with Crippen molar-refractivity contribution in [2.45, 2.75) is 43.3 Å². The van der Waals surface area contributed by atoms with Crippen LogP contribution in [0.25, 0.3) is 0 Å². The number of carbonyl (C=O) groups excluding carboxylic acids is 1. The smallest absolute Gasteiger partial charge is 0.347 e. The Morgan fingerprint density at radius 2 is 2.16 bits per heavy atom. The minimum absolute atomic E-state index is 0.0603. The molecule has 2 nitrogen and oxygen atoms in total. The van der Waals surface area contributed by atoms with Gasteiger partial charge in [-0.1, -0.05) is 22.6 Å². The number of hydrogen-bond donors (Lipinski definition) is 0. The average Bonchev–Trinajstić information content (AvgIpc) is 2.66. The van der Waals surface area contributed by atoms with Crippen LogP contribution in [-0.2, 0) is 23.9 Å². The van der Waals surface area contributed by atoms with E-state index in [0.717, 1.165) is 0 Å². The molecular formula is C13H15F3INO. The number of aromatic nitrogens is 1. The molecule has 0 aromatic carbocycles. The minimum Gasteiger partial charge on any atom is -0.347 e. The van der Waals surface area contributed by atoms with E-state index in [-0.39, 0.29) is 15.6 Å². The highest BCUT2D eigenvalue weighted by molar-refractivity contribution is 14.1. The highest BCUT2D eigenvalue weighted by Gasteiger charge is 2.39. The molecule has 1 aliphatic heterocycles. The summed E-state index contributed by atoms with van der Waals surface area (Å²) in [5.41, 5.74) is 0.427. The normalized spacial score (nSPS) is 21.1. The maximum absolute atomic E-state index is 13.1. The molecular weight excluding hydrogens is 370 g/mol. The lowest BCUT2D eigenvalue weighted by atomic mass is 9.93. The number of nitrogens with zero attached hydrogens (tertiary/aromatic N) is 1. The number of rotatable bonds is 2. The third-order valence-corrected chi connectivity index (χ3v) is 4.23. The van der Waals surface area contributed by atoms with E-state index in [4.69, 9.17) is 0 Å². The van der Waals surface area contributed by atoms with Crippen LogP contribution in [0.2, 0.25) is 0 Å². The molecule has 6 heteroatoms. The Kier molecular flexibility index (Phi) is 3.99. The molecule has 2 rings (SSSR count). The van der Waals surface area contributed by atoms with Crippen LogP contribution in [0.15, 0.2) is 6.07 Å². The molecule has 1 aromatic rings. The maximum Gasteiger partial charge on any atom is 0.418 e. The monoisotopic (exact) mass is 385 g/mol. The van der Waals surface area contributed by atoms with Crippen LogP contribution >= 0.6 is 22.6 Å². The van der Waals surface area contributed by atoms with Crippen LogP contribution in [-0.4, -0.2) is 10.4 Å². The first-order valence-corrected chi connectivity index (χ1v) is 7.40. The molecule has 1 aliphatic rings. The number of fused-ring (bicyclic) bond motifs is 1. The average molecular weight is 385 g/mol. The number of Topliss-reactive ketones (excluding diaryl/α,β-unsaturated/α-hetero) is 1. The number of hydrogen-bond acceptors (Lipinski definition) is 1. The molecule has 0 saturated carbocycles. The zero-order chi connectivity index (χ0) is 14.4. The van der Waals surface area contributed by atoms with E-state index in [1.807, 2.05) is 22.6 Å². The van der Waals surface area contributed by atoms with Gasteiger partial charge in [0.2, 0.25) is 0 Å². The molecule has 0 bridgehead atoms. The van der Waals surface area contributed by atoms with Gasteiger partial charge in [0.1, 0.15) is 5.78 Å². The van der Waals surface area contributed by atoms with Crippen molar-refractivity contribution in [3.05, 3.63) is 23.0 Å². The van der Waals surface area contributed by atoms with Crippen molar-refractivity contribution in [1.82, 2.24) is 4.57 Å². The predicted molar refractivity (Wildman–Crippen MR) is 74.4 cm³/mol. The Labute approximate surface area is 123 Å². The predicted octanol–water partition coefficient (Wildman–Crippen LogP) is 4.15. The van der Waals surface area contributed by atoms with Crippen molar-refractivity contribution in [2.24, 2.45) is 5.92 Å². The summed E-state index contributed by atoms with van der Waals surface area (Å²) in [6, 6.07) is 1.22. The SMILES string of the molecule is CC(=O)C1CCn2c(cc(C(F)(F)F)c2C(C)I)C1. The van der Waals surface area contributed by atoms with Crippen LogP contribution in [0.1, 0.15) is 41.1 Å². The molecule has 0 saturated heterocycles. The van der Waals surface area contributed by atoms with E-state index in [9.17, 15) is 18.0 Å². The van der Waals surface area contributed by atoms with Gasteiger partial charge in [-0.05, 0) is 32.8 Å². The molecule has 2 heterocycles. The van der Waals surface area contributed by atoms with Crippen LogP contribution in [0.4, 0.5) is 13.2 Å². The first-order chi connectivity index (χ1) is 8.71. The molecule has 2 atom stereocenters. The Bertz CT molecular complexity index is 505. The molecule has 0 fully saturated rings. The van der Waals surface area contributed by atoms with Crippen LogP contribution in [0, 0.1) is 5.92 Å². The zero-order valence-electron chi connectivity index (χ0n) is 10.7. The van der Waals surface area contributed by atoms with Gasteiger partial charge in [-0.15, -0.1) is 0 Å². The van der Waals surface area contributed by atoms with E-state index in [0.29, 0.717) is 30.8 Å². The minimum atomic E-state index is -4.33. The van der Waals surface area contributed by atoms with Gasteiger partial charge in [0.15, 0.2) is 0 Å². The third-order valence-electron chi connectivity index (χ3n) is 3.64. The van der Waals surface area contributed by atoms with Gasteiger partial charge in [-0.3, -0.25) is 4.79 Å². The molecule has 0 N–H and O–H groups in total. The van der Waals surface area contributed by atoms with Crippen molar-refractivity contribution < 1.29 is 18.0 Å². The van der Waals surface area contributed by atoms with E-state index in [1.165, 1.54) is 13.0 Å². The quantitative estimate of drug-likeness (QED) is 0.554. The maximum atomic E-state index is 13.1. The van der Waals surface area contributed by atoms with Gasteiger partial charge < -0.3 is 4.57 Å². The highest BCUT2D eigenvalue weighted by Crippen LogP contribution is 2.41. The van der Waals surface area contributed by atoms with Crippen molar-refractivity contribution in [3.8, 4) is 0 Å². The van der Waals surface area contributed by atoms with Gasteiger partial charge in [-0.2, -0.15) is 13.2 Å². The number of ketones is 1. The summed E-state index contributed by atoms with van der Waals surface area (Å²) < 4.78 is 40.7. The van der Waals surface area contributed by atoms with Gasteiger partial charge in [0.25, 0.3) is 0 Å². The molecule has 0 aliphatic carbocycles. The summed E-state index contributed by atoms with van der Waals surface area (Å²) in [7, 11) is 0. The zero-order valence-corrected chi connectivity index (χ0v) is 12.9. The standard InChI is InChI=1S/C13H15F3INO/c1-7(17)12-11(13(14,15)16)6-10-5-9(8(2)19)3-4-18(10)12/h6-7,9H,3-5H2,1-2H3. The lowest BCUT2D eigenvalue weighted by Crippen LogP contribution is -2.25. The molecule has 19 heavy (non-hydrogen) atoms. The largest absolute Gasteiger partial charge is 0.418 e. The van der Waals surface area contributed by atoms with Gasteiger partial charge >= 0.3 is 6.18 Å². The first kappa shape index (κ1) is 14.9. The molecule has 1 aromatic heterocycles. The van der Waals surface area contributed by atoms with Crippen molar-refractivity contribution in [2.75, 3.05) is 0 Å². The Morgan fingerprint density at radius 3 is 2.63 bits per heavy atom. The second-order valence-corrected chi connectivity index (χ2v) is 6.87. The van der Waals surface area contributed by atoms with Crippen LogP contribution < -0.4 is 0 Å². The summed E-state index contributed by atoms with van der Waals surface area (Å²) in [5.74, 6) is -0.0778. The van der Waals surface area contributed by atoms with Gasteiger partial charge in [-0.25, -0.2) is 0 Å². The molecule has 0 radical (unpaired) electrons. The topological polar surface area (TPSA) is 22.0 Å². The summed E-state index contributed by atoms with van der Waals surface area (Å²) >= 11 is 2.01. The van der Waals surface area contributed by atoms with Gasteiger partial charge in [0, 0.05) is 27.8 Å². The fraction of sp³-hybridized carbons (Fsp3) is 0.615. The third kappa shape index (κ3) is 2.83.